The van der Waals surface area contributed by atoms with Crippen molar-refractivity contribution in [3.8, 4) is 5.88 Å². The van der Waals surface area contributed by atoms with Crippen LogP contribution in [0, 0.1) is 19.3 Å². The number of ether oxygens (including phenoxy) is 1. The molecule has 2 N–H and O–H groups in total. The van der Waals surface area contributed by atoms with E-state index < -0.39 is 0 Å². The molecule has 0 bridgehead atoms. The Balaban J connectivity index is 0.00000220. The number of hydrogen-bond acceptors (Lipinski definition) is 4. The molecule has 5 heteroatoms. The molecule has 0 aliphatic carbocycles. The van der Waals surface area contributed by atoms with Gasteiger partial charge in [0.1, 0.15) is 0 Å². The molecule has 0 amide bonds. The second-order valence-corrected chi connectivity index (χ2v) is 6.64. The highest BCUT2D eigenvalue weighted by Gasteiger charge is 2.33. The minimum atomic E-state index is 0. The molecule has 1 atom stereocenters. The first kappa shape index (κ1) is 18.2. The lowest BCUT2D eigenvalue weighted by Gasteiger charge is -2.42. The molecule has 0 saturated carbocycles. The summed E-state index contributed by atoms with van der Waals surface area (Å²) in [5, 5.41) is 0. The van der Waals surface area contributed by atoms with Crippen LogP contribution >= 0.6 is 12.4 Å². The summed E-state index contributed by atoms with van der Waals surface area (Å²) in [6.07, 6.45) is 1.06. The van der Waals surface area contributed by atoms with Crippen LogP contribution in [-0.2, 0) is 6.54 Å². The highest BCUT2D eigenvalue weighted by atomic mass is 35.5. The van der Waals surface area contributed by atoms with E-state index in [-0.39, 0.29) is 17.8 Å². The van der Waals surface area contributed by atoms with E-state index in [4.69, 9.17) is 10.5 Å². The van der Waals surface area contributed by atoms with Crippen LogP contribution in [0.25, 0.3) is 0 Å². The van der Waals surface area contributed by atoms with Gasteiger partial charge in [-0.15, -0.1) is 12.4 Å². The molecule has 0 spiro atoms. The second kappa shape index (κ2) is 6.95. The average molecular weight is 314 g/mol. The van der Waals surface area contributed by atoms with Crippen LogP contribution in [0.15, 0.2) is 6.07 Å². The van der Waals surface area contributed by atoms with E-state index in [1.54, 1.807) is 7.11 Å². The Bertz CT molecular complexity index is 467. The number of hydrogen-bond donors (Lipinski definition) is 1. The number of aromatic nitrogens is 1. The number of nitrogens with two attached hydrogens (primary N) is 1. The predicted octanol–water partition coefficient (Wildman–Crippen LogP) is 2.69. The fraction of sp³-hybridized carbons (Fsp3) is 0.688. The minimum Gasteiger partial charge on any atom is -0.481 e. The van der Waals surface area contributed by atoms with Gasteiger partial charge in [0.05, 0.1) is 7.11 Å². The van der Waals surface area contributed by atoms with E-state index in [1.165, 1.54) is 11.1 Å². The van der Waals surface area contributed by atoms with Crippen LogP contribution in [0.3, 0.4) is 0 Å². The Kier molecular flexibility index (Phi) is 6.02. The molecule has 1 aromatic heterocycles. The molecule has 1 fully saturated rings. The van der Waals surface area contributed by atoms with E-state index in [9.17, 15) is 0 Å². The van der Waals surface area contributed by atoms with Gasteiger partial charge in [-0.2, -0.15) is 0 Å². The number of pyridine rings is 1. The van der Waals surface area contributed by atoms with Crippen molar-refractivity contribution >= 4 is 12.4 Å². The highest BCUT2D eigenvalue weighted by Crippen LogP contribution is 2.29. The third-order valence-electron chi connectivity index (χ3n) is 4.51. The third kappa shape index (κ3) is 4.09. The Morgan fingerprint density at radius 2 is 2.10 bits per heavy atom. The molecule has 21 heavy (non-hydrogen) atoms. The van der Waals surface area contributed by atoms with E-state index in [1.807, 2.05) is 6.07 Å². The van der Waals surface area contributed by atoms with E-state index in [0.717, 1.165) is 31.7 Å². The summed E-state index contributed by atoms with van der Waals surface area (Å²) >= 11 is 0. The summed E-state index contributed by atoms with van der Waals surface area (Å²) in [5.74, 6) is 0.699. The van der Waals surface area contributed by atoms with E-state index >= 15 is 0 Å². The molecule has 1 aliphatic heterocycles. The van der Waals surface area contributed by atoms with Crippen LogP contribution in [0.5, 0.6) is 5.88 Å². The lowest BCUT2D eigenvalue weighted by atomic mass is 9.79. The maximum absolute atomic E-state index is 6.21. The first-order valence-corrected chi connectivity index (χ1v) is 7.32. The molecular formula is C16H28ClN3O. The largest absolute Gasteiger partial charge is 0.481 e. The number of nitrogens with zero attached hydrogens (tertiary/aromatic N) is 2. The van der Waals surface area contributed by atoms with Gasteiger partial charge in [-0.1, -0.05) is 13.8 Å². The van der Waals surface area contributed by atoms with Crippen LogP contribution < -0.4 is 10.5 Å². The van der Waals surface area contributed by atoms with Crippen molar-refractivity contribution in [2.24, 2.45) is 11.1 Å². The van der Waals surface area contributed by atoms with Crippen molar-refractivity contribution in [2.45, 2.75) is 46.7 Å². The number of likely N-dealkylation sites (tertiary alicyclic amines) is 1. The Morgan fingerprint density at radius 1 is 1.43 bits per heavy atom. The van der Waals surface area contributed by atoms with Crippen LogP contribution in [0.1, 0.15) is 37.1 Å². The quantitative estimate of drug-likeness (QED) is 0.932. The molecule has 1 unspecified atom stereocenters. The molecule has 2 rings (SSSR count). The lowest BCUT2D eigenvalue weighted by molar-refractivity contribution is 0.0894. The van der Waals surface area contributed by atoms with Crippen molar-refractivity contribution in [3.63, 3.8) is 0 Å². The number of halogens is 1. The molecule has 4 nitrogen and oxygen atoms in total. The molecule has 1 aromatic rings. The lowest BCUT2D eigenvalue weighted by Crippen LogP contribution is -2.52. The van der Waals surface area contributed by atoms with Crippen molar-refractivity contribution in [3.05, 3.63) is 22.9 Å². The first-order valence-electron chi connectivity index (χ1n) is 7.32. The first-order chi connectivity index (χ1) is 9.33. The van der Waals surface area contributed by atoms with E-state index in [2.05, 4.69) is 37.6 Å². The summed E-state index contributed by atoms with van der Waals surface area (Å²) < 4.78 is 5.23. The minimum absolute atomic E-state index is 0. The highest BCUT2D eigenvalue weighted by molar-refractivity contribution is 5.85. The zero-order valence-electron chi connectivity index (χ0n) is 13.8. The fourth-order valence-corrected chi connectivity index (χ4v) is 3.01. The molecule has 2 heterocycles. The second-order valence-electron chi connectivity index (χ2n) is 6.64. The van der Waals surface area contributed by atoms with E-state index in [0.29, 0.717) is 11.9 Å². The van der Waals surface area contributed by atoms with Gasteiger partial charge in [-0.05, 0) is 36.8 Å². The SMILES string of the molecule is COc1cc(C)c(CN2CCC(N)C(C)(C)C2)c(C)n1.Cl. The number of aryl methyl sites for hydroxylation is 2. The normalized spacial score (nSPS) is 21.7. The molecule has 1 saturated heterocycles. The number of methoxy groups -OCH3 is 1. The van der Waals surface area contributed by atoms with Crippen LogP contribution in [0.4, 0.5) is 0 Å². The molecular weight excluding hydrogens is 286 g/mol. The van der Waals surface area contributed by atoms with Gasteiger partial charge in [0.15, 0.2) is 0 Å². The smallest absolute Gasteiger partial charge is 0.213 e. The fourth-order valence-electron chi connectivity index (χ4n) is 3.01. The number of rotatable bonds is 3. The van der Waals surface area contributed by atoms with Crippen molar-refractivity contribution in [2.75, 3.05) is 20.2 Å². The summed E-state index contributed by atoms with van der Waals surface area (Å²) in [6.45, 7) is 11.8. The topological polar surface area (TPSA) is 51.4 Å². The maximum atomic E-state index is 6.21. The Labute approximate surface area is 134 Å². The molecule has 120 valence electrons. The van der Waals surface area contributed by atoms with Crippen molar-refractivity contribution < 1.29 is 4.74 Å². The summed E-state index contributed by atoms with van der Waals surface area (Å²) in [5.41, 5.74) is 10.0. The summed E-state index contributed by atoms with van der Waals surface area (Å²) in [6, 6.07) is 2.32. The van der Waals surface area contributed by atoms with Crippen molar-refractivity contribution in [1.29, 1.82) is 0 Å². The molecule has 0 radical (unpaired) electrons. The average Bonchev–Trinajstić information content (AvgIpc) is 2.37. The van der Waals surface area contributed by atoms with Gasteiger partial charge >= 0.3 is 0 Å². The van der Waals surface area contributed by atoms with Gasteiger partial charge in [-0.3, -0.25) is 4.90 Å². The monoisotopic (exact) mass is 313 g/mol. The third-order valence-corrected chi connectivity index (χ3v) is 4.51. The predicted molar refractivity (Wildman–Crippen MR) is 89.2 cm³/mol. The van der Waals surface area contributed by atoms with Crippen LogP contribution in [-0.4, -0.2) is 36.1 Å². The Hall–Kier alpha value is -0.840. The van der Waals surface area contributed by atoms with Gasteiger partial charge in [-0.25, -0.2) is 4.98 Å². The van der Waals surface area contributed by atoms with Gasteiger partial charge in [0.25, 0.3) is 0 Å². The van der Waals surface area contributed by atoms with Crippen molar-refractivity contribution in [1.82, 2.24) is 9.88 Å². The summed E-state index contributed by atoms with van der Waals surface area (Å²) in [4.78, 5) is 6.99. The van der Waals surface area contributed by atoms with Gasteiger partial charge < -0.3 is 10.5 Å². The van der Waals surface area contributed by atoms with Crippen LogP contribution in [0.2, 0.25) is 0 Å². The Morgan fingerprint density at radius 3 is 2.62 bits per heavy atom. The maximum Gasteiger partial charge on any atom is 0.213 e. The number of piperidine rings is 1. The summed E-state index contributed by atoms with van der Waals surface area (Å²) in [7, 11) is 1.66. The standard InChI is InChI=1S/C16H27N3O.ClH/c1-11-8-15(20-5)18-12(2)13(11)9-19-7-6-14(17)16(3,4)10-19;/h8,14H,6-7,9-10,17H2,1-5H3;1H. The zero-order chi connectivity index (χ0) is 14.9. The van der Waals surface area contributed by atoms with Gasteiger partial charge in [0, 0.05) is 37.4 Å². The zero-order valence-corrected chi connectivity index (χ0v) is 14.6. The molecule has 1 aliphatic rings. The van der Waals surface area contributed by atoms with Gasteiger partial charge in [0.2, 0.25) is 5.88 Å². The molecule has 0 aromatic carbocycles.